The predicted molar refractivity (Wildman–Crippen MR) is 107 cm³/mol. The number of rotatable bonds is 4. The first-order valence-electron chi connectivity index (χ1n) is 8.48. The number of carbonyl (C=O) groups excluding carboxylic acids is 1. The third-order valence-corrected chi connectivity index (χ3v) is 4.23. The van der Waals surface area contributed by atoms with Gasteiger partial charge in [0.1, 0.15) is 6.29 Å². The topological polar surface area (TPSA) is 48.0 Å². The summed E-state index contributed by atoms with van der Waals surface area (Å²) in [6.45, 7) is 4.88. The number of allylic oxidation sites excluding steroid dienone is 1. The second-order valence-electron chi connectivity index (χ2n) is 6.18. The minimum absolute atomic E-state index is 0.717. The summed E-state index contributed by atoms with van der Waals surface area (Å²) in [6, 6.07) is 16.8. The molecule has 1 aromatic heterocycles. The van der Waals surface area contributed by atoms with E-state index in [4.69, 9.17) is 5.73 Å². The number of aryl methyl sites for hydroxylation is 3. The average Bonchev–Trinajstić information content (AvgIpc) is 2.90. The van der Waals surface area contributed by atoms with Crippen LogP contribution in [0.15, 0.2) is 54.6 Å². The summed E-state index contributed by atoms with van der Waals surface area (Å²) >= 11 is 0. The highest BCUT2D eigenvalue weighted by atomic mass is 16.1. The Morgan fingerprint density at radius 1 is 1.04 bits per heavy atom. The normalized spacial score (nSPS) is 10.7. The van der Waals surface area contributed by atoms with Gasteiger partial charge in [-0.1, -0.05) is 48.0 Å². The van der Waals surface area contributed by atoms with E-state index in [1.165, 1.54) is 33.8 Å². The summed E-state index contributed by atoms with van der Waals surface area (Å²) in [4.78, 5) is 9.96. The van der Waals surface area contributed by atoms with Crippen molar-refractivity contribution in [1.82, 2.24) is 4.57 Å². The van der Waals surface area contributed by atoms with Crippen molar-refractivity contribution >= 4 is 23.3 Å². The molecule has 2 N–H and O–H groups in total. The smallest absolute Gasteiger partial charge is 0.142 e. The monoisotopic (exact) mass is 334 g/mol. The Kier molecular flexibility index (Phi) is 6.72. The van der Waals surface area contributed by atoms with E-state index in [-0.39, 0.29) is 0 Å². The zero-order chi connectivity index (χ0) is 18.2. The Labute approximate surface area is 149 Å². The van der Waals surface area contributed by atoms with Crippen molar-refractivity contribution in [3.63, 3.8) is 0 Å². The molecule has 0 amide bonds. The van der Waals surface area contributed by atoms with E-state index in [0.29, 0.717) is 0 Å². The lowest BCUT2D eigenvalue weighted by Gasteiger charge is -2.02. The number of carbonyl (C=O) groups is 1. The van der Waals surface area contributed by atoms with Crippen LogP contribution in [0.25, 0.3) is 17.0 Å². The van der Waals surface area contributed by atoms with Crippen molar-refractivity contribution in [2.75, 3.05) is 6.54 Å². The fourth-order valence-corrected chi connectivity index (χ4v) is 2.66. The number of hydrogen-bond acceptors (Lipinski definition) is 2. The average molecular weight is 334 g/mol. The summed E-state index contributed by atoms with van der Waals surface area (Å²) < 4.78 is 2.22. The standard InChI is InChI=1S/C12H16N2.C10H10O/c1-9-7-11-4-3-10(5-6-13)8-12(11)14(9)2;1-9-4-6-10(7-5-9)3-2-8-11/h3-4,7-8H,5-6,13H2,1-2H3;2-8H,1H3/b;3-2+. The maximum atomic E-state index is 9.96. The van der Waals surface area contributed by atoms with Crippen molar-refractivity contribution in [3.8, 4) is 0 Å². The van der Waals surface area contributed by atoms with E-state index in [0.717, 1.165) is 24.8 Å². The molecule has 0 aliphatic heterocycles. The van der Waals surface area contributed by atoms with Crippen LogP contribution < -0.4 is 5.73 Å². The summed E-state index contributed by atoms with van der Waals surface area (Å²) in [5, 5.41) is 1.31. The molecule has 130 valence electrons. The molecule has 3 heteroatoms. The van der Waals surface area contributed by atoms with Crippen molar-refractivity contribution in [1.29, 1.82) is 0 Å². The summed E-state index contributed by atoms with van der Waals surface area (Å²) in [5.41, 5.74) is 11.7. The molecule has 0 aliphatic rings. The van der Waals surface area contributed by atoms with Crippen LogP contribution in [0.5, 0.6) is 0 Å². The molecule has 2 aromatic carbocycles. The van der Waals surface area contributed by atoms with E-state index in [2.05, 4.69) is 42.8 Å². The molecule has 0 bridgehead atoms. The van der Waals surface area contributed by atoms with Gasteiger partial charge in [0, 0.05) is 18.3 Å². The van der Waals surface area contributed by atoms with Gasteiger partial charge in [-0.05, 0) is 61.5 Å². The van der Waals surface area contributed by atoms with Gasteiger partial charge in [0.2, 0.25) is 0 Å². The second-order valence-corrected chi connectivity index (χ2v) is 6.18. The molecule has 0 fully saturated rings. The molecule has 0 unspecified atom stereocenters. The van der Waals surface area contributed by atoms with Crippen LogP contribution in [0.3, 0.4) is 0 Å². The van der Waals surface area contributed by atoms with Crippen molar-refractivity contribution < 1.29 is 4.79 Å². The number of fused-ring (bicyclic) bond motifs is 1. The lowest BCUT2D eigenvalue weighted by Crippen LogP contribution is -2.02. The van der Waals surface area contributed by atoms with Crippen LogP contribution in [-0.4, -0.2) is 17.4 Å². The van der Waals surface area contributed by atoms with E-state index in [1.807, 2.05) is 31.2 Å². The van der Waals surface area contributed by atoms with E-state index in [9.17, 15) is 4.79 Å². The summed E-state index contributed by atoms with van der Waals surface area (Å²) in [6.07, 6.45) is 5.01. The Bertz CT molecular complexity index is 858. The van der Waals surface area contributed by atoms with Gasteiger partial charge >= 0.3 is 0 Å². The lowest BCUT2D eigenvalue weighted by molar-refractivity contribution is -0.104. The maximum absolute atomic E-state index is 9.96. The minimum Gasteiger partial charge on any atom is -0.348 e. The first kappa shape index (κ1) is 18.7. The van der Waals surface area contributed by atoms with Crippen LogP contribution in [0.4, 0.5) is 0 Å². The van der Waals surface area contributed by atoms with Crippen molar-refractivity contribution in [2.24, 2.45) is 12.8 Å². The number of aromatic nitrogens is 1. The summed E-state index contributed by atoms with van der Waals surface area (Å²) in [7, 11) is 2.10. The highest BCUT2D eigenvalue weighted by Crippen LogP contribution is 2.19. The first-order chi connectivity index (χ1) is 12.0. The Hall–Kier alpha value is -2.65. The highest BCUT2D eigenvalue weighted by molar-refractivity contribution is 5.82. The molecule has 0 saturated carbocycles. The number of benzene rings is 2. The zero-order valence-electron chi connectivity index (χ0n) is 15.2. The molecule has 0 atom stereocenters. The van der Waals surface area contributed by atoms with Crippen LogP contribution in [-0.2, 0) is 18.3 Å². The molecular weight excluding hydrogens is 308 g/mol. The first-order valence-corrected chi connectivity index (χ1v) is 8.48. The summed E-state index contributed by atoms with van der Waals surface area (Å²) in [5.74, 6) is 0. The molecule has 25 heavy (non-hydrogen) atoms. The minimum atomic E-state index is 0.717. The number of hydrogen-bond donors (Lipinski definition) is 1. The molecular formula is C22H26N2O. The number of aldehydes is 1. The molecule has 0 aliphatic carbocycles. The van der Waals surface area contributed by atoms with E-state index >= 15 is 0 Å². The molecule has 0 radical (unpaired) electrons. The van der Waals surface area contributed by atoms with Gasteiger partial charge in [-0.3, -0.25) is 4.79 Å². The van der Waals surface area contributed by atoms with E-state index in [1.54, 1.807) is 6.08 Å². The number of nitrogens with two attached hydrogens (primary N) is 1. The van der Waals surface area contributed by atoms with E-state index < -0.39 is 0 Å². The molecule has 0 spiro atoms. The zero-order valence-corrected chi connectivity index (χ0v) is 15.2. The van der Waals surface area contributed by atoms with Gasteiger partial charge in [-0.2, -0.15) is 0 Å². The van der Waals surface area contributed by atoms with Gasteiger partial charge in [0.15, 0.2) is 0 Å². The molecule has 3 aromatic rings. The fourth-order valence-electron chi connectivity index (χ4n) is 2.66. The quantitative estimate of drug-likeness (QED) is 0.574. The van der Waals surface area contributed by atoms with Gasteiger partial charge < -0.3 is 10.3 Å². The highest BCUT2D eigenvalue weighted by Gasteiger charge is 2.02. The largest absolute Gasteiger partial charge is 0.348 e. The molecule has 0 saturated heterocycles. The van der Waals surface area contributed by atoms with Crippen molar-refractivity contribution in [2.45, 2.75) is 20.3 Å². The number of nitrogens with zero attached hydrogens (tertiary/aromatic N) is 1. The SMILES string of the molecule is Cc1cc2ccc(CCN)cc2n1C.Cc1ccc(/C=C/C=O)cc1. The molecule has 1 heterocycles. The molecule has 3 rings (SSSR count). The fraction of sp³-hybridized carbons (Fsp3) is 0.227. The second kappa shape index (κ2) is 9.00. The Morgan fingerprint density at radius 2 is 1.76 bits per heavy atom. The van der Waals surface area contributed by atoms with Gasteiger partial charge in [-0.15, -0.1) is 0 Å². The van der Waals surface area contributed by atoms with Crippen LogP contribution in [0, 0.1) is 13.8 Å². The van der Waals surface area contributed by atoms with Gasteiger partial charge in [0.05, 0.1) is 0 Å². The van der Waals surface area contributed by atoms with Gasteiger partial charge in [0.25, 0.3) is 0 Å². The van der Waals surface area contributed by atoms with Crippen LogP contribution in [0.2, 0.25) is 0 Å². The molecule has 3 nitrogen and oxygen atoms in total. The Morgan fingerprint density at radius 3 is 2.40 bits per heavy atom. The van der Waals surface area contributed by atoms with Gasteiger partial charge in [-0.25, -0.2) is 0 Å². The lowest BCUT2D eigenvalue weighted by atomic mass is 10.1. The van der Waals surface area contributed by atoms with Crippen molar-refractivity contribution in [3.05, 3.63) is 77.0 Å². The third kappa shape index (κ3) is 5.16. The Balaban J connectivity index is 0.000000186. The van der Waals surface area contributed by atoms with Crippen LogP contribution in [0.1, 0.15) is 22.4 Å². The third-order valence-electron chi connectivity index (χ3n) is 4.23. The maximum Gasteiger partial charge on any atom is 0.142 e. The predicted octanol–water partition coefficient (Wildman–Crippen LogP) is 4.20. The van der Waals surface area contributed by atoms with Crippen LogP contribution >= 0.6 is 0 Å².